The fraction of sp³-hybridized carbons (Fsp3) is 0.370. The standard InChI is InChI=1S/C27H31N3O4/c1-19-8-12-22(13-9-19)30-26(32)24(18-25(31)28-21-10-14-23(34-2)15-11-21)29(27(30)33)17-16-20-6-4-3-5-7-20/h6,8-15,24H,3-5,7,16-18H2,1-2H3,(H,28,31)/t24-/m1/s1. The number of benzene rings is 2. The second-order valence-corrected chi connectivity index (χ2v) is 8.84. The molecule has 34 heavy (non-hydrogen) atoms. The average Bonchev–Trinajstić information content (AvgIpc) is 3.08. The van der Waals surface area contributed by atoms with Crippen molar-refractivity contribution in [1.29, 1.82) is 0 Å². The van der Waals surface area contributed by atoms with Gasteiger partial charge in [-0.25, -0.2) is 9.69 Å². The van der Waals surface area contributed by atoms with E-state index in [0.717, 1.165) is 31.2 Å². The van der Waals surface area contributed by atoms with Gasteiger partial charge in [-0.05, 0) is 75.4 Å². The molecule has 0 saturated carbocycles. The number of allylic oxidation sites excluding steroid dienone is 1. The van der Waals surface area contributed by atoms with E-state index in [9.17, 15) is 14.4 Å². The number of nitrogens with one attached hydrogen (secondary N) is 1. The normalized spacial score (nSPS) is 18.2. The summed E-state index contributed by atoms with van der Waals surface area (Å²) in [7, 11) is 1.58. The summed E-state index contributed by atoms with van der Waals surface area (Å²) < 4.78 is 5.15. The van der Waals surface area contributed by atoms with Crippen LogP contribution in [0.15, 0.2) is 60.2 Å². The number of urea groups is 1. The van der Waals surface area contributed by atoms with Crippen LogP contribution in [0.5, 0.6) is 5.75 Å². The SMILES string of the molecule is COc1ccc(NC(=O)C[C@@H]2C(=O)N(c3ccc(C)cc3)C(=O)N2CCC2=CCCCC2)cc1. The minimum atomic E-state index is -0.837. The summed E-state index contributed by atoms with van der Waals surface area (Å²) >= 11 is 0. The third-order valence-corrected chi connectivity index (χ3v) is 6.42. The van der Waals surface area contributed by atoms with Crippen LogP contribution in [0.2, 0.25) is 0 Å². The molecule has 178 valence electrons. The number of aryl methyl sites for hydroxylation is 1. The van der Waals surface area contributed by atoms with Gasteiger partial charge in [-0.1, -0.05) is 29.3 Å². The van der Waals surface area contributed by atoms with Gasteiger partial charge in [-0.2, -0.15) is 0 Å². The number of carbonyl (C=O) groups excluding carboxylic acids is 3. The van der Waals surface area contributed by atoms with Crippen LogP contribution in [0, 0.1) is 6.92 Å². The first-order valence-electron chi connectivity index (χ1n) is 11.8. The molecule has 1 saturated heterocycles. The molecule has 7 heteroatoms. The summed E-state index contributed by atoms with van der Waals surface area (Å²) in [6.07, 6.45) is 7.30. The minimum Gasteiger partial charge on any atom is -0.497 e. The third-order valence-electron chi connectivity index (χ3n) is 6.42. The maximum Gasteiger partial charge on any atom is 0.332 e. The Balaban J connectivity index is 1.52. The maximum atomic E-state index is 13.4. The van der Waals surface area contributed by atoms with Gasteiger partial charge in [-0.3, -0.25) is 9.59 Å². The third kappa shape index (κ3) is 5.30. The Hall–Kier alpha value is -3.61. The van der Waals surface area contributed by atoms with Gasteiger partial charge in [0.25, 0.3) is 5.91 Å². The highest BCUT2D eigenvalue weighted by atomic mass is 16.5. The summed E-state index contributed by atoms with van der Waals surface area (Å²) in [5.41, 5.74) is 3.50. The van der Waals surface area contributed by atoms with E-state index in [4.69, 9.17) is 4.74 Å². The highest BCUT2D eigenvalue weighted by Crippen LogP contribution is 2.29. The number of hydrogen-bond donors (Lipinski definition) is 1. The lowest BCUT2D eigenvalue weighted by atomic mass is 9.97. The zero-order valence-corrected chi connectivity index (χ0v) is 19.8. The molecule has 2 aromatic rings. The predicted molar refractivity (Wildman–Crippen MR) is 132 cm³/mol. The fourth-order valence-corrected chi connectivity index (χ4v) is 4.48. The predicted octanol–water partition coefficient (Wildman–Crippen LogP) is 5.06. The molecule has 0 unspecified atom stereocenters. The number of hydrogen-bond acceptors (Lipinski definition) is 4. The minimum absolute atomic E-state index is 0.0992. The van der Waals surface area contributed by atoms with Crippen LogP contribution in [0.3, 0.4) is 0 Å². The van der Waals surface area contributed by atoms with Crippen LogP contribution in [0.1, 0.15) is 44.1 Å². The molecule has 1 N–H and O–H groups in total. The van der Waals surface area contributed by atoms with Crippen LogP contribution < -0.4 is 15.0 Å². The van der Waals surface area contributed by atoms with E-state index in [-0.39, 0.29) is 24.3 Å². The van der Waals surface area contributed by atoms with Crippen LogP contribution in [0.4, 0.5) is 16.2 Å². The summed E-state index contributed by atoms with van der Waals surface area (Å²) in [6, 6.07) is 13.1. The Labute approximate surface area is 200 Å². The smallest absolute Gasteiger partial charge is 0.332 e. The van der Waals surface area contributed by atoms with Gasteiger partial charge >= 0.3 is 6.03 Å². The summed E-state index contributed by atoms with van der Waals surface area (Å²) in [5.74, 6) is 0.00631. The lowest BCUT2D eigenvalue weighted by Crippen LogP contribution is -2.38. The summed E-state index contributed by atoms with van der Waals surface area (Å²) in [4.78, 5) is 42.4. The van der Waals surface area contributed by atoms with E-state index >= 15 is 0 Å². The molecular formula is C27H31N3O4. The molecule has 1 heterocycles. The number of methoxy groups -OCH3 is 1. The topological polar surface area (TPSA) is 79.0 Å². The first-order valence-corrected chi connectivity index (χ1v) is 11.8. The first-order chi connectivity index (χ1) is 16.5. The Kier molecular flexibility index (Phi) is 7.30. The molecule has 0 radical (unpaired) electrons. The van der Waals surface area contributed by atoms with Crippen LogP contribution in [-0.2, 0) is 9.59 Å². The van der Waals surface area contributed by atoms with Gasteiger partial charge in [0.05, 0.1) is 19.2 Å². The molecule has 1 aliphatic heterocycles. The van der Waals surface area contributed by atoms with Gasteiger partial charge in [0.2, 0.25) is 5.91 Å². The van der Waals surface area contributed by atoms with Gasteiger partial charge in [0.1, 0.15) is 11.8 Å². The number of amides is 4. The highest BCUT2D eigenvalue weighted by Gasteiger charge is 2.46. The van der Waals surface area contributed by atoms with Crippen LogP contribution in [0.25, 0.3) is 0 Å². The van der Waals surface area contributed by atoms with Crippen molar-refractivity contribution >= 4 is 29.2 Å². The number of imide groups is 1. The van der Waals surface area contributed by atoms with Gasteiger partial charge in [0, 0.05) is 12.2 Å². The Bertz CT molecular complexity index is 1080. The molecule has 2 aliphatic rings. The summed E-state index contributed by atoms with van der Waals surface area (Å²) in [6.45, 7) is 2.37. The lowest BCUT2D eigenvalue weighted by molar-refractivity contribution is -0.124. The quantitative estimate of drug-likeness (QED) is 0.440. The number of ether oxygens (including phenoxy) is 1. The van der Waals surface area contributed by atoms with E-state index in [0.29, 0.717) is 23.7 Å². The number of rotatable bonds is 8. The Morgan fingerprint density at radius 1 is 1.06 bits per heavy atom. The maximum absolute atomic E-state index is 13.4. The van der Waals surface area contributed by atoms with Gasteiger partial charge in [-0.15, -0.1) is 0 Å². The molecule has 4 rings (SSSR count). The second-order valence-electron chi connectivity index (χ2n) is 8.84. The monoisotopic (exact) mass is 461 g/mol. The molecule has 1 atom stereocenters. The van der Waals surface area contributed by atoms with Crippen molar-refractivity contribution < 1.29 is 19.1 Å². The highest BCUT2D eigenvalue weighted by molar-refractivity contribution is 6.22. The molecule has 0 aromatic heterocycles. The van der Waals surface area contributed by atoms with Crippen LogP contribution in [-0.4, -0.2) is 42.4 Å². The molecule has 0 spiro atoms. The Morgan fingerprint density at radius 2 is 1.79 bits per heavy atom. The van der Waals surface area contributed by atoms with Crippen LogP contribution >= 0.6 is 0 Å². The molecular weight excluding hydrogens is 430 g/mol. The van der Waals surface area contributed by atoms with Crippen molar-refractivity contribution in [3.63, 3.8) is 0 Å². The largest absolute Gasteiger partial charge is 0.497 e. The van der Waals surface area contributed by atoms with Crippen molar-refractivity contribution in [2.75, 3.05) is 23.9 Å². The van der Waals surface area contributed by atoms with Gasteiger partial charge in [0.15, 0.2) is 0 Å². The van der Waals surface area contributed by atoms with E-state index < -0.39 is 6.04 Å². The number of carbonyl (C=O) groups is 3. The number of anilines is 2. The molecule has 4 amide bonds. The number of nitrogens with zero attached hydrogens (tertiary/aromatic N) is 2. The average molecular weight is 462 g/mol. The molecule has 1 aliphatic carbocycles. The van der Waals surface area contributed by atoms with E-state index in [2.05, 4.69) is 11.4 Å². The Morgan fingerprint density at radius 3 is 2.44 bits per heavy atom. The lowest BCUT2D eigenvalue weighted by Gasteiger charge is -2.23. The van der Waals surface area contributed by atoms with Crippen molar-refractivity contribution in [3.8, 4) is 5.75 Å². The second kappa shape index (κ2) is 10.5. The zero-order chi connectivity index (χ0) is 24.1. The van der Waals surface area contributed by atoms with E-state index in [1.165, 1.54) is 16.9 Å². The van der Waals surface area contributed by atoms with Crippen molar-refractivity contribution in [3.05, 3.63) is 65.7 Å². The van der Waals surface area contributed by atoms with Crippen molar-refractivity contribution in [2.24, 2.45) is 0 Å². The van der Waals surface area contributed by atoms with E-state index in [1.807, 2.05) is 19.1 Å². The van der Waals surface area contributed by atoms with Crippen molar-refractivity contribution in [1.82, 2.24) is 4.90 Å². The van der Waals surface area contributed by atoms with Crippen molar-refractivity contribution in [2.45, 2.75) is 51.5 Å². The first kappa shape index (κ1) is 23.5. The van der Waals surface area contributed by atoms with Gasteiger partial charge < -0.3 is 15.0 Å². The fourth-order valence-electron chi connectivity index (χ4n) is 4.48. The zero-order valence-electron chi connectivity index (χ0n) is 19.8. The summed E-state index contributed by atoms with van der Waals surface area (Å²) in [5, 5.41) is 2.83. The molecule has 2 aromatic carbocycles. The molecule has 1 fully saturated rings. The molecule has 0 bridgehead atoms. The van der Waals surface area contributed by atoms with E-state index in [1.54, 1.807) is 48.4 Å². The molecule has 7 nitrogen and oxygen atoms in total.